The highest BCUT2D eigenvalue weighted by molar-refractivity contribution is 6.02. The summed E-state index contributed by atoms with van der Waals surface area (Å²) in [5, 5.41) is 6.94. The highest BCUT2D eigenvalue weighted by Crippen LogP contribution is 2.27. The summed E-state index contributed by atoms with van der Waals surface area (Å²) in [4.78, 5) is 12.3. The summed E-state index contributed by atoms with van der Waals surface area (Å²) in [6.45, 7) is 0.719. The third-order valence-electron chi connectivity index (χ3n) is 4.19. The van der Waals surface area contributed by atoms with E-state index in [1.807, 2.05) is 0 Å². The predicted molar refractivity (Wildman–Crippen MR) is 90.5 cm³/mol. The second-order valence-corrected chi connectivity index (χ2v) is 6.02. The van der Waals surface area contributed by atoms with E-state index in [1.165, 1.54) is 30.3 Å². The molecule has 0 radical (unpaired) electrons. The maximum absolute atomic E-state index is 13.2. The molecule has 1 amide bonds. The van der Waals surface area contributed by atoms with Crippen molar-refractivity contribution in [2.24, 2.45) is 0 Å². The van der Waals surface area contributed by atoms with E-state index < -0.39 is 11.7 Å². The number of anilines is 1. The lowest BCUT2D eigenvalue weighted by molar-refractivity contribution is -0.00122. The number of halogens is 2. The number of nitrogens with one attached hydrogen (secondary N) is 1. The van der Waals surface area contributed by atoms with Crippen molar-refractivity contribution in [3.8, 4) is 0 Å². The molecule has 1 aliphatic heterocycles. The summed E-state index contributed by atoms with van der Waals surface area (Å²) in [6, 6.07) is 13.4. The molecular formula is C19H15F2N3O2. The largest absolute Gasteiger partial charge is 0.365 e. The zero-order valence-corrected chi connectivity index (χ0v) is 13.7. The van der Waals surface area contributed by atoms with Gasteiger partial charge < -0.3 is 10.1 Å². The van der Waals surface area contributed by atoms with Crippen LogP contribution < -0.4 is 5.32 Å². The van der Waals surface area contributed by atoms with Crippen molar-refractivity contribution in [3.05, 3.63) is 83.2 Å². The Balaban J connectivity index is 1.50. The average molecular weight is 355 g/mol. The molecular weight excluding hydrogens is 340 g/mol. The number of rotatable bonds is 3. The Hall–Kier alpha value is -3.06. The van der Waals surface area contributed by atoms with Gasteiger partial charge in [0.05, 0.1) is 18.8 Å². The van der Waals surface area contributed by atoms with E-state index >= 15 is 0 Å². The van der Waals surface area contributed by atoms with Gasteiger partial charge in [0.15, 0.2) is 5.69 Å². The molecule has 0 saturated carbocycles. The molecule has 3 aromatic rings. The molecule has 1 aliphatic rings. The fourth-order valence-corrected chi connectivity index (χ4v) is 2.88. The Morgan fingerprint density at radius 2 is 1.92 bits per heavy atom. The summed E-state index contributed by atoms with van der Waals surface area (Å²) < 4.78 is 33.8. The number of carbonyl (C=O) groups is 1. The molecule has 7 heteroatoms. The van der Waals surface area contributed by atoms with E-state index in [2.05, 4.69) is 10.4 Å². The summed E-state index contributed by atoms with van der Waals surface area (Å²) in [5.74, 6) is -1.15. The van der Waals surface area contributed by atoms with Crippen LogP contribution in [0.5, 0.6) is 0 Å². The number of hydrogen-bond acceptors (Lipinski definition) is 3. The van der Waals surface area contributed by atoms with Crippen molar-refractivity contribution in [2.75, 3.05) is 5.32 Å². The van der Waals surface area contributed by atoms with Crippen molar-refractivity contribution in [1.82, 2.24) is 9.78 Å². The van der Waals surface area contributed by atoms with E-state index in [-0.39, 0.29) is 17.6 Å². The molecule has 0 bridgehead atoms. The zero-order valence-electron chi connectivity index (χ0n) is 13.7. The highest BCUT2D eigenvalue weighted by Gasteiger charge is 2.24. The van der Waals surface area contributed by atoms with Gasteiger partial charge in [-0.25, -0.2) is 8.78 Å². The molecule has 2 aromatic carbocycles. The fourth-order valence-electron chi connectivity index (χ4n) is 2.88. The van der Waals surface area contributed by atoms with Crippen molar-refractivity contribution in [2.45, 2.75) is 19.3 Å². The Morgan fingerprint density at radius 1 is 1.12 bits per heavy atom. The molecule has 1 unspecified atom stereocenters. The molecule has 1 aromatic heterocycles. The topological polar surface area (TPSA) is 56.2 Å². The van der Waals surface area contributed by atoms with Gasteiger partial charge in [0, 0.05) is 5.69 Å². The standard InChI is InChI=1S/C19H15F2N3O2/c20-13-6-4-12(5-7-13)18-10-24-16(11-26-18)9-17(23-24)19(25)22-15-3-1-2-14(21)8-15/h1-9,18H,10-11H2,(H,22,25). The summed E-state index contributed by atoms with van der Waals surface area (Å²) in [5.41, 5.74) is 2.21. The minimum atomic E-state index is -0.428. The van der Waals surface area contributed by atoms with Crippen LogP contribution in [0.15, 0.2) is 54.6 Å². The number of carbonyl (C=O) groups excluding carboxylic acids is 1. The third-order valence-corrected chi connectivity index (χ3v) is 4.19. The van der Waals surface area contributed by atoms with Crippen molar-refractivity contribution in [3.63, 3.8) is 0 Å². The van der Waals surface area contributed by atoms with Crippen LogP contribution in [0.25, 0.3) is 0 Å². The summed E-state index contributed by atoms with van der Waals surface area (Å²) >= 11 is 0. The van der Waals surface area contributed by atoms with E-state index in [1.54, 1.807) is 28.9 Å². The molecule has 132 valence electrons. The summed E-state index contributed by atoms with van der Waals surface area (Å²) in [6.07, 6.45) is -0.262. The number of aromatic nitrogens is 2. The lowest BCUT2D eigenvalue weighted by Crippen LogP contribution is -2.22. The van der Waals surface area contributed by atoms with Crippen molar-refractivity contribution >= 4 is 11.6 Å². The van der Waals surface area contributed by atoms with Gasteiger partial charge in [0.2, 0.25) is 0 Å². The molecule has 26 heavy (non-hydrogen) atoms. The van der Waals surface area contributed by atoms with Gasteiger partial charge in [-0.05, 0) is 42.0 Å². The van der Waals surface area contributed by atoms with E-state index in [0.717, 1.165) is 11.3 Å². The first-order valence-corrected chi connectivity index (χ1v) is 8.09. The number of nitrogens with zero attached hydrogens (tertiary/aromatic N) is 2. The number of benzene rings is 2. The number of amides is 1. The molecule has 0 saturated heterocycles. The quantitative estimate of drug-likeness (QED) is 0.780. The molecule has 2 heterocycles. The normalized spacial score (nSPS) is 16.2. The second kappa shape index (κ2) is 6.68. The fraction of sp³-hybridized carbons (Fsp3) is 0.158. The first-order valence-electron chi connectivity index (χ1n) is 8.09. The minimum absolute atomic E-state index is 0.229. The lowest BCUT2D eigenvalue weighted by atomic mass is 10.1. The Bertz CT molecular complexity index is 954. The molecule has 0 aliphatic carbocycles. The first kappa shape index (κ1) is 16.4. The van der Waals surface area contributed by atoms with Crippen molar-refractivity contribution < 1.29 is 18.3 Å². The Morgan fingerprint density at radius 3 is 2.69 bits per heavy atom. The number of fused-ring (bicyclic) bond motifs is 1. The predicted octanol–water partition coefficient (Wildman–Crippen LogP) is 3.69. The minimum Gasteiger partial charge on any atom is -0.365 e. The van der Waals surface area contributed by atoms with Crippen LogP contribution in [0.2, 0.25) is 0 Å². The molecule has 4 rings (SSSR count). The second-order valence-electron chi connectivity index (χ2n) is 6.02. The van der Waals surface area contributed by atoms with Gasteiger partial charge in [-0.3, -0.25) is 9.48 Å². The van der Waals surface area contributed by atoms with Gasteiger partial charge >= 0.3 is 0 Å². The van der Waals surface area contributed by atoms with E-state index in [4.69, 9.17) is 4.74 Å². The van der Waals surface area contributed by atoms with Gasteiger partial charge in [-0.1, -0.05) is 18.2 Å². The highest BCUT2D eigenvalue weighted by atomic mass is 19.1. The zero-order chi connectivity index (χ0) is 18.1. The van der Waals surface area contributed by atoms with Gasteiger partial charge in [-0.2, -0.15) is 5.10 Å². The SMILES string of the molecule is O=C(Nc1cccc(F)c1)c1cc2n(n1)CC(c1ccc(F)cc1)OC2. The van der Waals surface area contributed by atoms with E-state index in [0.29, 0.717) is 18.8 Å². The molecule has 1 atom stereocenters. The van der Waals surface area contributed by atoms with Crippen LogP contribution in [-0.2, 0) is 17.9 Å². The monoisotopic (exact) mass is 355 g/mol. The molecule has 1 N–H and O–H groups in total. The van der Waals surface area contributed by atoms with Crippen LogP contribution in [0.4, 0.5) is 14.5 Å². The molecule has 0 fully saturated rings. The van der Waals surface area contributed by atoms with Gasteiger partial charge in [0.25, 0.3) is 5.91 Å². The summed E-state index contributed by atoms with van der Waals surface area (Å²) in [7, 11) is 0. The lowest BCUT2D eigenvalue weighted by Gasteiger charge is -2.24. The Labute approximate surface area is 148 Å². The Kier molecular flexibility index (Phi) is 4.22. The van der Waals surface area contributed by atoms with Crippen molar-refractivity contribution in [1.29, 1.82) is 0 Å². The maximum Gasteiger partial charge on any atom is 0.276 e. The van der Waals surface area contributed by atoms with Crippen LogP contribution in [0, 0.1) is 11.6 Å². The molecule has 5 nitrogen and oxygen atoms in total. The van der Waals surface area contributed by atoms with E-state index in [9.17, 15) is 13.6 Å². The van der Waals surface area contributed by atoms with Gasteiger partial charge in [-0.15, -0.1) is 0 Å². The van der Waals surface area contributed by atoms with Gasteiger partial charge in [0.1, 0.15) is 17.7 Å². The number of hydrogen-bond donors (Lipinski definition) is 1. The van der Waals surface area contributed by atoms with Crippen LogP contribution >= 0.6 is 0 Å². The molecule has 0 spiro atoms. The average Bonchev–Trinajstić information content (AvgIpc) is 3.06. The van der Waals surface area contributed by atoms with Crippen LogP contribution in [0.1, 0.15) is 27.8 Å². The van der Waals surface area contributed by atoms with Crippen LogP contribution in [-0.4, -0.2) is 15.7 Å². The first-order chi connectivity index (χ1) is 12.6. The maximum atomic E-state index is 13.2. The number of ether oxygens (including phenoxy) is 1. The smallest absolute Gasteiger partial charge is 0.276 e. The van der Waals surface area contributed by atoms with Crippen LogP contribution in [0.3, 0.4) is 0 Å². The third kappa shape index (κ3) is 3.34.